The van der Waals surface area contributed by atoms with E-state index in [1.54, 1.807) is 6.07 Å². The summed E-state index contributed by atoms with van der Waals surface area (Å²) in [6.45, 7) is 0. The van der Waals surface area contributed by atoms with Gasteiger partial charge in [0.05, 0.1) is 5.92 Å². The molecule has 2 unspecified atom stereocenters. The third-order valence-corrected chi connectivity index (χ3v) is 3.29. The molecule has 0 spiro atoms. The molecule has 0 radical (unpaired) electrons. The van der Waals surface area contributed by atoms with Crippen molar-refractivity contribution in [3.05, 3.63) is 33.3 Å². The van der Waals surface area contributed by atoms with E-state index in [-0.39, 0.29) is 11.8 Å². The highest BCUT2D eigenvalue weighted by Gasteiger charge is 2.44. The molecule has 0 aromatic heterocycles. The molecule has 1 N–H and O–H groups in total. The van der Waals surface area contributed by atoms with Crippen molar-refractivity contribution in [2.45, 2.75) is 12.3 Å². The van der Waals surface area contributed by atoms with Crippen LogP contribution in [-0.2, 0) is 4.79 Å². The summed E-state index contributed by atoms with van der Waals surface area (Å²) in [5, 5.41) is 9.42. The molecule has 1 aliphatic rings. The van der Waals surface area contributed by atoms with Crippen LogP contribution in [0.2, 0.25) is 5.02 Å². The summed E-state index contributed by atoms with van der Waals surface area (Å²) in [7, 11) is 0. The van der Waals surface area contributed by atoms with Crippen LogP contribution in [0.15, 0.2) is 22.7 Å². The highest BCUT2D eigenvalue weighted by atomic mass is 79.9. The van der Waals surface area contributed by atoms with Crippen LogP contribution in [0.3, 0.4) is 0 Å². The van der Waals surface area contributed by atoms with Gasteiger partial charge < -0.3 is 5.11 Å². The molecule has 1 saturated carbocycles. The van der Waals surface area contributed by atoms with E-state index in [1.165, 1.54) is 0 Å². The molecule has 0 heterocycles. The van der Waals surface area contributed by atoms with Gasteiger partial charge in [-0.25, -0.2) is 0 Å². The van der Waals surface area contributed by atoms with Crippen molar-refractivity contribution in [1.82, 2.24) is 0 Å². The van der Waals surface area contributed by atoms with Crippen molar-refractivity contribution in [3.8, 4) is 0 Å². The topological polar surface area (TPSA) is 37.3 Å². The van der Waals surface area contributed by atoms with Gasteiger partial charge in [-0.1, -0.05) is 33.6 Å². The number of carboxylic acid groups (broad SMARTS) is 1. The predicted octanol–water partition coefficient (Wildman–Crippen LogP) is 3.29. The van der Waals surface area contributed by atoms with Crippen LogP contribution in [0.5, 0.6) is 0 Å². The second kappa shape index (κ2) is 3.55. The minimum absolute atomic E-state index is 0.105. The molecule has 1 aromatic carbocycles. The number of hydrogen-bond acceptors (Lipinski definition) is 1. The fraction of sp³-hybridized carbons (Fsp3) is 0.300. The summed E-state index contributed by atoms with van der Waals surface area (Å²) >= 11 is 9.32. The van der Waals surface area contributed by atoms with Gasteiger partial charge in [-0.15, -0.1) is 0 Å². The second-order valence-electron chi connectivity index (χ2n) is 3.45. The van der Waals surface area contributed by atoms with Gasteiger partial charge in [-0.3, -0.25) is 4.79 Å². The fourth-order valence-electron chi connectivity index (χ4n) is 1.61. The van der Waals surface area contributed by atoms with Gasteiger partial charge in [0, 0.05) is 9.50 Å². The molecule has 0 bridgehead atoms. The molecule has 1 aromatic rings. The van der Waals surface area contributed by atoms with E-state index >= 15 is 0 Å². The van der Waals surface area contributed by atoms with Crippen molar-refractivity contribution in [1.29, 1.82) is 0 Å². The quantitative estimate of drug-likeness (QED) is 0.899. The molecular formula is C10H8BrClO2. The lowest BCUT2D eigenvalue weighted by atomic mass is 10.1. The Morgan fingerprint density at radius 2 is 2.29 bits per heavy atom. The molecule has 74 valence electrons. The maximum atomic E-state index is 10.7. The van der Waals surface area contributed by atoms with Crippen LogP contribution in [0.4, 0.5) is 0 Å². The van der Waals surface area contributed by atoms with E-state index in [9.17, 15) is 4.79 Å². The summed E-state index contributed by atoms with van der Waals surface area (Å²) in [4.78, 5) is 10.7. The van der Waals surface area contributed by atoms with E-state index in [0.717, 1.165) is 10.0 Å². The van der Waals surface area contributed by atoms with Gasteiger partial charge in [0.1, 0.15) is 0 Å². The Balaban J connectivity index is 2.23. The highest BCUT2D eigenvalue weighted by molar-refractivity contribution is 9.10. The maximum absolute atomic E-state index is 10.7. The number of aliphatic carboxylic acids is 1. The van der Waals surface area contributed by atoms with Gasteiger partial charge in [0.2, 0.25) is 0 Å². The monoisotopic (exact) mass is 274 g/mol. The Hall–Kier alpha value is -0.540. The van der Waals surface area contributed by atoms with Crippen LogP contribution in [0.25, 0.3) is 0 Å². The summed E-state index contributed by atoms with van der Waals surface area (Å²) in [5.41, 5.74) is 0.947. The van der Waals surface area contributed by atoms with Crippen molar-refractivity contribution in [3.63, 3.8) is 0 Å². The fourth-order valence-corrected chi connectivity index (χ4v) is 2.43. The number of carbonyl (C=O) groups is 1. The van der Waals surface area contributed by atoms with Crippen LogP contribution < -0.4 is 0 Å². The van der Waals surface area contributed by atoms with E-state index in [0.29, 0.717) is 11.4 Å². The molecule has 1 aliphatic carbocycles. The zero-order valence-electron chi connectivity index (χ0n) is 7.21. The Morgan fingerprint density at radius 3 is 2.79 bits per heavy atom. The van der Waals surface area contributed by atoms with E-state index < -0.39 is 5.97 Å². The highest BCUT2D eigenvalue weighted by Crippen LogP contribution is 2.49. The summed E-state index contributed by atoms with van der Waals surface area (Å²) in [5.74, 6) is -0.865. The Bertz CT molecular complexity index is 392. The third kappa shape index (κ3) is 1.79. The lowest BCUT2D eigenvalue weighted by Crippen LogP contribution is -1.99. The van der Waals surface area contributed by atoms with Crippen molar-refractivity contribution in [2.24, 2.45) is 5.92 Å². The van der Waals surface area contributed by atoms with Gasteiger partial charge >= 0.3 is 5.97 Å². The minimum atomic E-state index is -0.728. The molecule has 2 rings (SSSR count). The molecule has 1 fully saturated rings. The first-order chi connectivity index (χ1) is 6.59. The average Bonchev–Trinajstić information content (AvgIpc) is 2.83. The van der Waals surface area contributed by atoms with Gasteiger partial charge in [0.25, 0.3) is 0 Å². The summed E-state index contributed by atoms with van der Waals surface area (Å²) in [6.07, 6.45) is 0.705. The van der Waals surface area contributed by atoms with E-state index in [4.69, 9.17) is 16.7 Å². The van der Waals surface area contributed by atoms with Crippen molar-refractivity contribution < 1.29 is 9.90 Å². The third-order valence-electron chi connectivity index (χ3n) is 2.47. The Morgan fingerprint density at radius 1 is 1.57 bits per heavy atom. The van der Waals surface area contributed by atoms with Crippen LogP contribution >= 0.6 is 27.5 Å². The van der Waals surface area contributed by atoms with Crippen LogP contribution in [0, 0.1) is 5.92 Å². The first-order valence-electron chi connectivity index (χ1n) is 4.27. The summed E-state index contributed by atoms with van der Waals surface area (Å²) in [6, 6.07) is 5.58. The van der Waals surface area contributed by atoms with Gasteiger partial charge in [-0.05, 0) is 30.0 Å². The molecule has 0 amide bonds. The molecule has 0 saturated heterocycles. The lowest BCUT2D eigenvalue weighted by Gasteiger charge is -2.02. The average molecular weight is 276 g/mol. The number of hydrogen-bond donors (Lipinski definition) is 1. The first kappa shape index (κ1) is 9.99. The van der Waals surface area contributed by atoms with E-state index in [2.05, 4.69) is 15.9 Å². The molecule has 2 atom stereocenters. The van der Waals surface area contributed by atoms with Gasteiger partial charge in [-0.2, -0.15) is 0 Å². The molecule has 2 nitrogen and oxygen atoms in total. The largest absolute Gasteiger partial charge is 0.481 e. The van der Waals surface area contributed by atoms with Crippen LogP contribution in [0.1, 0.15) is 17.9 Å². The lowest BCUT2D eigenvalue weighted by molar-refractivity contribution is -0.138. The minimum Gasteiger partial charge on any atom is -0.481 e. The summed E-state index contributed by atoms with van der Waals surface area (Å²) < 4.78 is 0.916. The first-order valence-corrected chi connectivity index (χ1v) is 5.44. The van der Waals surface area contributed by atoms with E-state index in [1.807, 2.05) is 12.1 Å². The van der Waals surface area contributed by atoms with Crippen molar-refractivity contribution in [2.75, 3.05) is 0 Å². The van der Waals surface area contributed by atoms with Gasteiger partial charge in [0.15, 0.2) is 0 Å². The zero-order chi connectivity index (χ0) is 10.3. The second-order valence-corrected chi connectivity index (χ2v) is 4.78. The number of carboxylic acids is 1. The molecule has 0 aliphatic heterocycles. The molecule has 4 heteroatoms. The number of rotatable bonds is 2. The van der Waals surface area contributed by atoms with Crippen LogP contribution in [-0.4, -0.2) is 11.1 Å². The zero-order valence-corrected chi connectivity index (χ0v) is 9.55. The molecule has 14 heavy (non-hydrogen) atoms. The Kier molecular flexibility index (Phi) is 2.54. The normalized spacial score (nSPS) is 24.7. The smallest absolute Gasteiger partial charge is 0.307 e. The Labute approximate surface area is 95.0 Å². The maximum Gasteiger partial charge on any atom is 0.307 e. The molecular weight excluding hydrogens is 267 g/mol. The predicted molar refractivity (Wildman–Crippen MR) is 57.6 cm³/mol. The SMILES string of the molecule is O=C(O)C1CC1c1ccc(Br)cc1Cl. The number of halogens is 2. The standard InChI is InChI=1S/C10H8BrClO2/c11-5-1-2-6(9(12)3-5)7-4-8(7)10(13)14/h1-3,7-8H,4H2,(H,13,14). The van der Waals surface area contributed by atoms with Crippen molar-refractivity contribution >= 4 is 33.5 Å². The number of benzene rings is 1.